The molecule has 0 aromatic carbocycles. The van der Waals surface area contributed by atoms with Gasteiger partial charge in [0.05, 0.1) is 6.10 Å². The minimum atomic E-state index is 0.297. The van der Waals surface area contributed by atoms with Gasteiger partial charge in [0.1, 0.15) is 0 Å². The summed E-state index contributed by atoms with van der Waals surface area (Å²) in [5, 5.41) is 3.24. The summed E-state index contributed by atoms with van der Waals surface area (Å²) in [7, 11) is 1.79. The van der Waals surface area contributed by atoms with Gasteiger partial charge in [-0.1, -0.05) is 19.8 Å². The molecule has 2 aliphatic carbocycles. The van der Waals surface area contributed by atoms with Gasteiger partial charge in [-0.15, -0.1) is 0 Å². The summed E-state index contributed by atoms with van der Waals surface area (Å²) in [6.45, 7) is 2.22. The van der Waals surface area contributed by atoms with Crippen LogP contribution in [0.4, 0.5) is 0 Å². The first-order valence-corrected chi connectivity index (χ1v) is 7.04. The van der Waals surface area contributed by atoms with Crippen LogP contribution in [-0.4, -0.2) is 25.2 Å². The van der Waals surface area contributed by atoms with Crippen molar-refractivity contribution in [3.8, 4) is 0 Å². The highest BCUT2D eigenvalue weighted by molar-refractivity contribution is 5.79. The Morgan fingerprint density at radius 2 is 1.88 bits per heavy atom. The molecule has 3 heteroatoms. The SMILES string of the molecule is COC1CCC(NC(=O)C2CCCC2)CC1C. The number of rotatable bonds is 3. The van der Waals surface area contributed by atoms with E-state index in [2.05, 4.69) is 12.2 Å². The van der Waals surface area contributed by atoms with E-state index in [0.29, 0.717) is 29.9 Å². The highest BCUT2D eigenvalue weighted by atomic mass is 16.5. The molecule has 2 aliphatic rings. The minimum Gasteiger partial charge on any atom is -0.381 e. The molecule has 3 atom stereocenters. The Balaban J connectivity index is 1.78. The van der Waals surface area contributed by atoms with E-state index in [1.54, 1.807) is 7.11 Å². The summed E-state index contributed by atoms with van der Waals surface area (Å²) >= 11 is 0. The summed E-state index contributed by atoms with van der Waals surface area (Å²) in [6, 6.07) is 0.379. The van der Waals surface area contributed by atoms with Gasteiger partial charge in [-0.2, -0.15) is 0 Å². The molecule has 1 N–H and O–H groups in total. The summed E-state index contributed by atoms with van der Waals surface area (Å²) in [4.78, 5) is 12.0. The number of hydrogen-bond donors (Lipinski definition) is 1. The van der Waals surface area contributed by atoms with E-state index in [9.17, 15) is 4.79 Å². The topological polar surface area (TPSA) is 38.3 Å². The van der Waals surface area contributed by atoms with Crippen LogP contribution in [0.3, 0.4) is 0 Å². The van der Waals surface area contributed by atoms with Gasteiger partial charge < -0.3 is 10.1 Å². The monoisotopic (exact) mass is 239 g/mol. The molecule has 0 aromatic rings. The van der Waals surface area contributed by atoms with Crippen LogP contribution in [0.1, 0.15) is 51.9 Å². The van der Waals surface area contributed by atoms with E-state index in [1.165, 1.54) is 12.8 Å². The first-order valence-electron chi connectivity index (χ1n) is 7.04. The van der Waals surface area contributed by atoms with Crippen molar-refractivity contribution in [1.82, 2.24) is 5.32 Å². The van der Waals surface area contributed by atoms with E-state index in [0.717, 1.165) is 32.1 Å². The summed E-state index contributed by atoms with van der Waals surface area (Å²) in [5.74, 6) is 1.16. The van der Waals surface area contributed by atoms with Crippen molar-refractivity contribution in [2.24, 2.45) is 11.8 Å². The molecule has 1 amide bonds. The van der Waals surface area contributed by atoms with Gasteiger partial charge in [-0.3, -0.25) is 4.79 Å². The van der Waals surface area contributed by atoms with Gasteiger partial charge in [0.25, 0.3) is 0 Å². The molecule has 0 radical (unpaired) electrons. The fourth-order valence-electron chi connectivity index (χ4n) is 3.36. The van der Waals surface area contributed by atoms with Crippen molar-refractivity contribution < 1.29 is 9.53 Å². The molecule has 0 heterocycles. The van der Waals surface area contributed by atoms with Crippen LogP contribution in [0.2, 0.25) is 0 Å². The fourth-order valence-corrected chi connectivity index (χ4v) is 3.36. The lowest BCUT2D eigenvalue weighted by molar-refractivity contribution is -0.126. The van der Waals surface area contributed by atoms with E-state index >= 15 is 0 Å². The van der Waals surface area contributed by atoms with E-state index < -0.39 is 0 Å². The third-order valence-corrected chi connectivity index (χ3v) is 4.47. The highest BCUT2D eigenvalue weighted by Gasteiger charge is 2.30. The van der Waals surface area contributed by atoms with E-state index in [4.69, 9.17) is 4.74 Å². The van der Waals surface area contributed by atoms with Gasteiger partial charge in [-0.05, 0) is 38.0 Å². The maximum Gasteiger partial charge on any atom is 0.223 e. The van der Waals surface area contributed by atoms with Crippen LogP contribution in [0.15, 0.2) is 0 Å². The van der Waals surface area contributed by atoms with Gasteiger partial charge in [0, 0.05) is 19.1 Å². The molecule has 0 aromatic heterocycles. The second kappa shape index (κ2) is 5.85. The van der Waals surface area contributed by atoms with Crippen LogP contribution < -0.4 is 5.32 Å². The fraction of sp³-hybridized carbons (Fsp3) is 0.929. The summed E-state index contributed by atoms with van der Waals surface area (Å²) < 4.78 is 5.44. The lowest BCUT2D eigenvalue weighted by Gasteiger charge is -2.34. The van der Waals surface area contributed by atoms with Crippen LogP contribution in [0.25, 0.3) is 0 Å². The Kier molecular flexibility index (Phi) is 4.43. The molecule has 17 heavy (non-hydrogen) atoms. The number of amides is 1. The first kappa shape index (κ1) is 12.9. The average Bonchev–Trinajstić information content (AvgIpc) is 2.82. The molecular formula is C14H25NO2. The normalized spacial score (nSPS) is 34.8. The molecule has 3 unspecified atom stereocenters. The van der Waals surface area contributed by atoms with Crippen LogP contribution in [0, 0.1) is 11.8 Å². The van der Waals surface area contributed by atoms with Gasteiger partial charge >= 0.3 is 0 Å². The van der Waals surface area contributed by atoms with Crippen molar-refractivity contribution >= 4 is 5.91 Å². The maximum absolute atomic E-state index is 12.0. The second-order valence-corrected chi connectivity index (χ2v) is 5.75. The Morgan fingerprint density at radius 1 is 1.18 bits per heavy atom. The number of nitrogens with one attached hydrogen (secondary N) is 1. The molecule has 0 spiro atoms. The third kappa shape index (κ3) is 3.21. The number of methoxy groups -OCH3 is 1. The predicted molar refractivity (Wildman–Crippen MR) is 67.7 cm³/mol. The first-order chi connectivity index (χ1) is 8.20. The van der Waals surface area contributed by atoms with Crippen molar-refractivity contribution in [2.75, 3.05) is 7.11 Å². The number of carbonyl (C=O) groups is 1. The molecule has 98 valence electrons. The molecule has 3 nitrogen and oxygen atoms in total. The summed E-state index contributed by atoms with van der Waals surface area (Å²) in [5.41, 5.74) is 0. The van der Waals surface area contributed by atoms with Gasteiger partial charge in [0.2, 0.25) is 5.91 Å². The lowest BCUT2D eigenvalue weighted by atomic mass is 9.84. The van der Waals surface area contributed by atoms with E-state index in [-0.39, 0.29) is 0 Å². The standard InChI is InChI=1S/C14H25NO2/c1-10-9-12(7-8-13(10)17-2)15-14(16)11-5-3-4-6-11/h10-13H,3-9H2,1-2H3,(H,15,16). The van der Waals surface area contributed by atoms with Crippen molar-refractivity contribution in [3.05, 3.63) is 0 Å². The number of hydrogen-bond acceptors (Lipinski definition) is 2. The van der Waals surface area contributed by atoms with Crippen molar-refractivity contribution in [2.45, 2.75) is 64.0 Å². The minimum absolute atomic E-state index is 0.297. The molecule has 0 aliphatic heterocycles. The zero-order valence-corrected chi connectivity index (χ0v) is 11.1. The smallest absolute Gasteiger partial charge is 0.223 e. The van der Waals surface area contributed by atoms with Crippen LogP contribution in [-0.2, 0) is 9.53 Å². The van der Waals surface area contributed by atoms with Gasteiger partial charge in [0.15, 0.2) is 0 Å². The highest BCUT2D eigenvalue weighted by Crippen LogP contribution is 2.28. The molecule has 0 saturated heterocycles. The molecule has 0 bridgehead atoms. The molecular weight excluding hydrogens is 214 g/mol. The zero-order chi connectivity index (χ0) is 12.3. The zero-order valence-electron chi connectivity index (χ0n) is 11.1. The van der Waals surface area contributed by atoms with Crippen LogP contribution >= 0.6 is 0 Å². The van der Waals surface area contributed by atoms with E-state index in [1.807, 2.05) is 0 Å². The third-order valence-electron chi connectivity index (χ3n) is 4.47. The second-order valence-electron chi connectivity index (χ2n) is 5.75. The predicted octanol–water partition coefficient (Wildman–Crippen LogP) is 2.50. The molecule has 2 fully saturated rings. The lowest BCUT2D eigenvalue weighted by Crippen LogP contribution is -2.44. The molecule has 2 saturated carbocycles. The van der Waals surface area contributed by atoms with Crippen LogP contribution in [0.5, 0.6) is 0 Å². The summed E-state index contributed by atoms with van der Waals surface area (Å²) in [6.07, 6.45) is 8.24. The van der Waals surface area contributed by atoms with Gasteiger partial charge in [-0.25, -0.2) is 0 Å². The Morgan fingerprint density at radius 3 is 2.47 bits per heavy atom. The number of carbonyl (C=O) groups excluding carboxylic acids is 1. The Hall–Kier alpha value is -0.570. The molecule has 2 rings (SSSR count). The Bertz CT molecular complexity index is 261. The maximum atomic E-state index is 12.0. The Labute approximate surface area is 104 Å². The average molecular weight is 239 g/mol. The van der Waals surface area contributed by atoms with Crippen molar-refractivity contribution in [1.29, 1.82) is 0 Å². The largest absolute Gasteiger partial charge is 0.381 e. The van der Waals surface area contributed by atoms with Crippen molar-refractivity contribution in [3.63, 3.8) is 0 Å². The number of ether oxygens (including phenoxy) is 1. The quantitative estimate of drug-likeness (QED) is 0.821.